The summed E-state index contributed by atoms with van der Waals surface area (Å²) >= 11 is 9.52. The van der Waals surface area contributed by atoms with Crippen LogP contribution in [-0.4, -0.2) is 31.3 Å². The van der Waals surface area contributed by atoms with Crippen molar-refractivity contribution in [1.29, 1.82) is 0 Å². The van der Waals surface area contributed by atoms with Gasteiger partial charge in [-0.1, -0.05) is 11.6 Å². The molecule has 1 heterocycles. The van der Waals surface area contributed by atoms with E-state index in [1.165, 1.54) is 0 Å². The molecule has 0 radical (unpaired) electrons. The van der Waals surface area contributed by atoms with E-state index in [1.807, 2.05) is 6.07 Å². The number of ether oxygens (including phenoxy) is 1. The predicted octanol–water partition coefficient (Wildman–Crippen LogP) is 3.36. The highest BCUT2D eigenvalue weighted by Crippen LogP contribution is 2.27. The van der Waals surface area contributed by atoms with Crippen molar-refractivity contribution in [3.05, 3.63) is 21.8 Å². The minimum atomic E-state index is 0.251. The number of halogens is 2. The maximum Gasteiger partial charge on any atom is 0.147 e. The van der Waals surface area contributed by atoms with Gasteiger partial charge in [0, 0.05) is 24.3 Å². The molecule has 3 nitrogen and oxygen atoms in total. The highest BCUT2D eigenvalue weighted by molar-refractivity contribution is 9.10. The van der Waals surface area contributed by atoms with E-state index < -0.39 is 0 Å². The maximum atomic E-state index is 6.17. The molecule has 1 rings (SSSR count). The van der Waals surface area contributed by atoms with Gasteiger partial charge in [-0.25, -0.2) is 4.98 Å². The number of methoxy groups -OCH3 is 1. The van der Waals surface area contributed by atoms with Crippen LogP contribution in [0.25, 0.3) is 0 Å². The molecule has 0 aliphatic heterocycles. The van der Waals surface area contributed by atoms with Gasteiger partial charge < -0.3 is 9.64 Å². The normalized spacial score (nSPS) is 12.6. The number of anilines is 1. The first-order valence-electron chi connectivity index (χ1n) is 5.16. The monoisotopic (exact) mass is 306 g/mol. The molecule has 0 saturated heterocycles. The lowest BCUT2D eigenvalue weighted by Gasteiger charge is -2.29. The molecule has 0 spiro atoms. The number of hydrogen-bond donors (Lipinski definition) is 0. The Morgan fingerprint density at radius 1 is 1.62 bits per heavy atom. The molecule has 0 amide bonds. The van der Waals surface area contributed by atoms with Crippen molar-refractivity contribution in [2.24, 2.45) is 0 Å². The fourth-order valence-corrected chi connectivity index (χ4v) is 2.36. The summed E-state index contributed by atoms with van der Waals surface area (Å²) in [5.74, 6) is 0.803. The number of nitrogens with zero attached hydrogens (tertiary/aromatic N) is 2. The molecule has 1 atom stereocenters. The van der Waals surface area contributed by atoms with Crippen LogP contribution in [0, 0.1) is 0 Å². The van der Waals surface area contributed by atoms with E-state index in [2.05, 4.69) is 39.7 Å². The Bertz CT molecular complexity index is 349. The SMILES string of the molecule is CCN(c1ncc(Br)cc1Cl)C(C)COC. The smallest absolute Gasteiger partial charge is 0.147 e. The molecule has 1 aromatic rings. The van der Waals surface area contributed by atoms with Crippen molar-refractivity contribution in [3.8, 4) is 0 Å². The van der Waals surface area contributed by atoms with Crippen molar-refractivity contribution in [2.45, 2.75) is 19.9 Å². The molecule has 0 fully saturated rings. The van der Waals surface area contributed by atoms with Crippen molar-refractivity contribution >= 4 is 33.3 Å². The largest absolute Gasteiger partial charge is 0.383 e. The van der Waals surface area contributed by atoms with Crippen molar-refractivity contribution in [3.63, 3.8) is 0 Å². The number of rotatable bonds is 5. The Labute approximate surface area is 110 Å². The molecule has 0 N–H and O–H groups in total. The van der Waals surface area contributed by atoms with Gasteiger partial charge in [0.1, 0.15) is 5.82 Å². The third-order valence-corrected chi connectivity index (χ3v) is 3.05. The quantitative estimate of drug-likeness (QED) is 0.834. The zero-order valence-corrected chi connectivity index (χ0v) is 12.0. The van der Waals surface area contributed by atoms with Gasteiger partial charge in [-0.15, -0.1) is 0 Å². The summed E-state index contributed by atoms with van der Waals surface area (Å²) in [5, 5.41) is 0.652. The van der Waals surface area contributed by atoms with Gasteiger partial charge in [-0.2, -0.15) is 0 Å². The van der Waals surface area contributed by atoms with Gasteiger partial charge in [-0.3, -0.25) is 0 Å². The Morgan fingerprint density at radius 3 is 2.81 bits per heavy atom. The fourth-order valence-electron chi connectivity index (χ4n) is 1.62. The van der Waals surface area contributed by atoms with Gasteiger partial charge >= 0.3 is 0 Å². The van der Waals surface area contributed by atoms with Gasteiger partial charge in [0.15, 0.2) is 0 Å². The molecule has 1 aromatic heterocycles. The van der Waals surface area contributed by atoms with Crippen LogP contribution in [-0.2, 0) is 4.74 Å². The lowest BCUT2D eigenvalue weighted by atomic mass is 10.3. The summed E-state index contributed by atoms with van der Waals surface area (Å²) in [7, 11) is 1.70. The van der Waals surface area contributed by atoms with E-state index in [9.17, 15) is 0 Å². The van der Waals surface area contributed by atoms with Crippen molar-refractivity contribution in [1.82, 2.24) is 4.98 Å². The average Bonchev–Trinajstić information content (AvgIpc) is 2.22. The van der Waals surface area contributed by atoms with Crippen LogP contribution in [0.15, 0.2) is 16.7 Å². The topological polar surface area (TPSA) is 25.4 Å². The first kappa shape index (κ1) is 13.7. The summed E-state index contributed by atoms with van der Waals surface area (Å²) in [4.78, 5) is 6.47. The minimum absolute atomic E-state index is 0.251. The Balaban J connectivity index is 2.94. The van der Waals surface area contributed by atoms with Crippen LogP contribution in [0.1, 0.15) is 13.8 Å². The minimum Gasteiger partial charge on any atom is -0.383 e. The van der Waals surface area contributed by atoms with Gasteiger partial charge in [0.25, 0.3) is 0 Å². The Morgan fingerprint density at radius 2 is 2.31 bits per heavy atom. The molecule has 0 aliphatic rings. The maximum absolute atomic E-state index is 6.17. The van der Waals surface area contributed by atoms with E-state index in [0.29, 0.717) is 11.6 Å². The van der Waals surface area contributed by atoms with E-state index in [4.69, 9.17) is 16.3 Å². The van der Waals surface area contributed by atoms with E-state index in [-0.39, 0.29) is 6.04 Å². The summed E-state index contributed by atoms with van der Waals surface area (Å²) < 4.78 is 6.04. The third kappa shape index (κ3) is 3.34. The summed E-state index contributed by atoms with van der Waals surface area (Å²) in [6, 6.07) is 2.10. The molecule has 90 valence electrons. The molecular formula is C11H16BrClN2O. The third-order valence-electron chi connectivity index (χ3n) is 2.34. The fraction of sp³-hybridized carbons (Fsp3) is 0.545. The number of likely N-dealkylation sites (N-methyl/N-ethyl adjacent to an activating group) is 1. The first-order valence-corrected chi connectivity index (χ1v) is 6.33. The second kappa shape index (κ2) is 6.42. The van der Waals surface area contributed by atoms with Crippen LogP contribution in [0.4, 0.5) is 5.82 Å². The first-order chi connectivity index (χ1) is 7.60. The highest BCUT2D eigenvalue weighted by Gasteiger charge is 2.16. The molecule has 0 saturated carbocycles. The van der Waals surface area contributed by atoms with E-state index >= 15 is 0 Å². The van der Waals surface area contributed by atoms with E-state index in [0.717, 1.165) is 16.8 Å². The second-order valence-corrected chi connectivity index (χ2v) is 4.87. The standard InChI is InChI=1S/C11H16BrClN2O/c1-4-15(8(2)7-16-3)11-10(13)5-9(12)6-14-11/h5-6,8H,4,7H2,1-3H3. The number of hydrogen-bond acceptors (Lipinski definition) is 3. The molecular weight excluding hydrogens is 291 g/mol. The molecule has 0 aromatic carbocycles. The number of aromatic nitrogens is 1. The van der Waals surface area contributed by atoms with Crippen molar-refractivity contribution < 1.29 is 4.74 Å². The lowest BCUT2D eigenvalue weighted by Crippen LogP contribution is -2.36. The van der Waals surface area contributed by atoms with Gasteiger partial charge in [-0.05, 0) is 35.8 Å². The highest BCUT2D eigenvalue weighted by atomic mass is 79.9. The van der Waals surface area contributed by atoms with Crippen LogP contribution >= 0.6 is 27.5 Å². The number of pyridine rings is 1. The molecule has 0 aliphatic carbocycles. The zero-order valence-electron chi connectivity index (χ0n) is 9.70. The lowest BCUT2D eigenvalue weighted by molar-refractivity contribution is 0.181. The molecule has 16 heavy (non-hydrogen) atoms. The van der Waals surface area contributed by atoms with Gasteiger partial charge in [0.05, 0.1) is 17.7 Å². The van der Waals surface area contributed by atoms with E-state index in [1.54, 1.807) is 13.3 Å². The van der Waals surface area contributed by atoms with Crippen LogP contribution in [0.5, 0.6) is 0 Å². The Hall–Kier alpha value is -0.320. The second-order valence-electron chi connectivity index (χ2n) is 3.55. The molecule has 0 bridgehead atoms. The predicted molar refractivity (Wildman–Crippen MR) is 71.3 cm³/mol. The summed E-state index contributed by atoms with van der Waals surface area (Å²) in [6.45, 7) is 5.67. The molecule has 1 unspecified atom stereocenters. The summed E-state index contributed by atoms with van der Waals surface area (Å²) in [5.41, 5.74) is 0. The van der Waals surface area contributed by atoms with Crippen molar-refractivity contribution in [2.75, 3.05) is 25.2 Å². The zero-order chi connectivity index (χ0) is 12.1. The van der Waals surface area contributed by atoms with Crippen LogP contribution < -0.4 is 4.90 Å². The Kier molecular flexibility index (Phi) is 5.52. The average molecular weight is 308 g/mol. The van der Waals surface area contributed by atoms with Crippen LogP contribution in [0.2, 0.25) is 5.02 Å². The van der Waals surface area contributed by atoms with Gasteiger partial charge in [0.2, 0.25) is 0 Å². The van der Waals surface area contributed by atoms with Crippen LogP contribution in [0.3, 0.4) is 0 Å². The summed E-state index contributed by atoms with van der Waals surface area (Å²) in [6.07, 6.45) is 1.75. The molecule has 5 heteroatoms.